The Morgan fingerprint density at radius 2 is 2.04 bits per heavy atom. The lowest BCUT2D eigenvalue weighted by Gasteiger charge is -2.19. The number of rotatable bonds is 5. The highest BCUT2D eigenvalue weighted by atomic mass is 16.5. The van der Waals surface area contributed by atoms with Gasteiger partial charge in [0.15, 0.2) is 5.54 Å². The Morgan fingerprint density at radius 3 is 2.71 bits per heavy atom. The molecular weight excluding hydrogens is 308 g/mol. The molecule has 1 aromatic carbocycles. The molecule has 0 saturated carbocycles. The van der Waals surface area contributed by atoms with Crippen LogP contribution in [0.1, 0.15) is 32.1 Å². The number of hydrogen-bond acceptors (Lipinski definition) is 4. The van der Waals surface area contributed by atoms with Crippen LogP contribution in [0.15, 0.2) is 47.1 Å². The van der Waals surface area contributed by atoms with Gasteiger partial charge >= 0.3 is 6.03 Å². The van der Waals surface area contributed by atoms with Crippen molar-refractivity contribution in [3.63, 3.8) is 0 Å². The number of urea groups is 1. The van der Waals surface area contributed by atoms with Crippen molar-refractivity contribution in [2.75, 3.05) is 0 Å². The first-order valence-electron chi connectivity index (χ1n) is 7.84. The first-order valence-corrected chi connectivity index (χ1v) is 7.84. The smallest absolute Gasteiger partial charge is 0.325 e. The number of nitrogens with zero attached hydrogens (tertiary/aromatic N) is 1. The first-order chi connectivity index (χ1) is 11.4. The molecule has 0 aliphatic carbocycles. The van der Waals surface area contributed by atoms with E-state index in [2.05, 4.69) is 5.32 Å². The third kappa shape index (κ3) is 2.87. The van der Waals surface area contributed by atoms with Crippen LogP contribution in [0.5, 0.6) is 5.75 Å². The molecule has 3 rings (SSSR count). The normalized spacial score (nSPS) is 20.6. The van der Waals surface area contributed by atoms with Gasteiger partial charge in [-0.2, -0.15) is 0 Å². The lowest BCUT2D eigenvalue weighted by atomic mass is 9.99. The second-order valence-electron chi connectivity index (χ2n) is 6.24. The summed E-state index contributed by atoms with van der Waals surface area (Å²) in [5, 5.41) is 2.71. The number of imide groups is 1. The average molecular weight is 328 g/mol. The Bertz CT molecular complexity index is 754. The van der Waals surface area contributed by atoms with Crippen LogP contribution in [0.4, 0.5) is 4.79 Å². The third-order valence-electron chi connectivity index (χ3n) is 3.90. The summed E-state index contributed by atoms with van der Waals surface area (Å²) >= 11 is 0. The van der Waals surface area contributed by atoms with Crippen LogP contribution in [0.2, 0.25) is 0 Å². The summed E-state index contributed by atoms with van der Waals surface area (Å²) in [5.41, 5.74) is -0.354. The van der Waals surface area contributed by atoms with Crippen LogP contribution in [0.25, 0.3) is 0 Å². The van der Waals surface area contributed by atoms with Gasteiger partial charge in [-0.05, 0) is 50.6 Å². The summed E-state index contributed by atoms with van der Waals surface area (Å²) in [6.07, 6.45) is 1.54. The molecule has 0 spiro atoms. The van der Waals surface area contributed by atoms with Gasteiger partial charge < -0.3 is 14.5 Å². The van der Waals surface area contributed by atoms with E-state index in [1.165, 1.54) is 11.2 Å². The fraction of sp³-hybridized carbons (Fsp3) is 0.333. The number of carbonyl (C=O) groups is 2. The summed E-state index contributed by atoms with van der Waals surface area (Å²) in [6.45, 7) is 5.71. The van der Waals surface area contributed by atoms with E-state index in [-0.39, 0.29) is 18.6 Å². The maximum absolute atomic E-state index is 12.8. The SMILES string of the molecule is CC(C)Oc1cccc(CN2C(=O)N[C@@](C)(c3ccco3)C2=O)c1. The third-order valence-corrected chi connectivity index (χ3v) is 3.90. The van der Waals surface area contributed by atoms with E-state index in [9.17, 15) is 9.59 Å². The standard InChI is InChI=1S/C18H20N2O4/c1-12(2)24-14-7-4-6-13(10-14)11-20-16(21)18(3,19-17(20)22)15-8-5-9-23-15/h4-10,12H,11H2,1-3H3,(H,19,22)/t18-/m0/s1. The van der Waals surface area contributed by atoms with Gasteiger partial charge in [0.25, 0.3) is 5.91 Å². The van der Waals surface area contributed by atoms with E-state index >= 15 is 0 Å². The van der Waals surface area contributed by atoms with Crippen LogP contribution in [0, 0.1) is 0 Å². The van der Waals surface area contributed by atoms with Gasteiger partial charge in [-0.15, -0.1) is 0 Å². The number of benzene rings is 1. The number of furan rings is 1. The molecule has 1 aromatic heterocycles. The Hall–Kier alpha value is -2.76. The highest BCUT2D eigenvalue weighted by Crippen LogP contribution is 2.30. The molecule has 2 aromatic rings. The van der Waals surface area contributed by atoms with Gasteiger partial charge in [0.05, 0.1) is 18.9 Å². The fourth-order valence-corrected chi connectivity index (χ4v) is 2.74. The molecule has 1 N–H and O–H groups in total. The zero-order valence-corrected chi connectivity index (χ0v) is 13.9. The number of amides is 3. The van der Waals surface area contributed by atoms with Gasteiger partial charge in [-0.25, -0.2) is 4.79 Å². The number of nitrogens with one attached hydrogen (secondary N) is 1. The van der Waals surface area contributed by atoms with E-state index in [4.69, 9.17) is 9.15 Å². The van der Waals surface area contributed by atoms with Crippen LogP contribution in [0.3, 0.4) is 0 Å². The van der Waals surface area contributed by atoms with E-state index in [1.54, 1.807) is 19.1 Å². The Balaban J connectivity index is 1.81. The summed E-state index contributed by atoms with van der Waals surface area (Å²) in [4.78, 5) is 26.2. The Morgan fingerprint density at radius 1 is 1.25 bits per heavy atom. The quantitative estimate of drug-likeness (QED) is 0.856. The van der Waals surface area contributed by atoms with E-state index in [1.807, 2.05) is 38.1 Å². The van der Waals surface area contributed by atoms with Gasteiger partial charge in [0, 0.05) is 0 Å². The molecular formula is C18H20N2O4. The monoisotopic (exact) mass is 328 g/mol. The highest BCUT2D eigenvalue weighted by molar-refractivity contribution is 6.06. The molecule has 1 aliphatic rings. The minimum Gasteiger partial charge on any atom is -0.491 e. The van der Waals surface area contributed by atoms with Gasteiger partial charge in [-0.3, -0.25) is 9.69 Å². The molecule has 6 heteroatoms. The van der Waals surface area contributed by atoms with Crippen molar-refractivity contribution in [3.05, 3.63) is 54.0 Å². The molecule has 1 fully saturated rings. The predicted molar refractivity (Wildman–Crippen MR) is 87.3 cm³/mol. The maximum atomic E-state index is 12.8. The molecule has 3 amide bonds. The summed E-state index contributed by atoms with van der Waals surface area (Å²) in [6, 6.07) is 10.3. The molecule has 1 atom stereocenters. The Kier molecular flexibility index (Phi) is 4.05. The molecule has 0 bridgehead atoms. The Labute approximate surface area is 140 Å². The molecule has 6 nitrogen and oxygen atoms in total. The topological polar surface area (TPSA) is 71.8 Å². The molecule has 0 radical (unpaired) electrons. The van der Waals surface area contributed by atoms with Crippen molar-refractivity contribution in [1.29, 1.82) is 0 Å². The average Bonchev–Trinajstić information content (AvgIpc) is 3.12. The molecule has 24 heavy (non-hydrogen) atoms. The number of ether oxygens (including phenoxy) is 1. The van der Waals surface area contributed by atoms with Crippen molar-refractivity contribution >= 4 is 11.9 Å². The minimum atomic E-state index is -1.17. The van der Waals surface area contributed by atoms with Crippen molar-refractivity contribution in [2.24, 2.45) is 0 Å². The van der Waals surface area contributed by atoms with Crippen LogP contribution >= 0.6 is 0 Å². The minimum absolute atomic E-state index is 0.0548. The second-order valence-corrected chi connectivity index (χ2v) is 6.24. The molecule has 126 valence electrons. The maximum Gasteiger partial charge on any atom is 0.325 e. The fourth-order valence-electron chi connectivity index (χ4n) is 2.74. The predicted octanol–water partition coefficient (Wildman–Crippen LogP) is 3.03. The van der Waals surface area contributed by atoms with Crippen molar-refractivity contribution in [1.82, 2.24) is 10.2 Å². The van der Waals surface area contributed by atoms with E-state index in [0.717, 1.165) is 5.56 Å². The molecule has 1 saturated heterocycles. The lowest BCUT2D eigenvalue weighted by molar-refractivity contribution is -0.132. The van der Waals surface area contributed by atoms with Crippen LogP contribution < -0.4 is 10.1 Å². The second kappa shape index (κ2) is 6.03. The van der Waals surface area contributed by atoms with E-state index < -0.39 is 11.6 Å². The van der Waals surface area contributed by atoms with Crippen molar-refractivity contribution in [3.8, 4) is 5.75 Å². The summed E-state index contributed by atoms with van der Waals surface area (Å²) in [5.74, 6) is 0.793. The molecule has 0 unspecified atom stereocenters. The van der Waals surface area contributed by atoms with E-state index in [0.29, 0.717) is 11.5 Å². The first kappa shape index (κ1) is 16.1. The largest absolute Gasteiger partial charge is 0.491 e. The van der Waals surface area contributed by atoms with Crippen LogP contribution in [-0.4, -0.2) is 22.9 Å². The lowest BCUT2D eigenvalue weighted by Crippen LogP contribution is -2.40. The van der Waals surface area contributed by atoms with Gasteiger partial charge in [0.1, 0.15) is 11.5 Å². The zero-order chi connectivity index (χ0) is 17.3. The highest BCUT2D eigenvalue weighted by Gasteiger charge is 2.50. The van der Waals surface area contributed by atoms with Crippen molar-refractivity contribution < 1.29 is 18.7 Å². The van der Waals surface area contributed by atoms with Crippen LogP contribution in [-0.2, 0) is 16.9 Å². The zero-order valence-electron chi connectivity index (χ0n) is 13.9. The van der Waals surface area contributed by atoms with Gasteiger partial charge in [0.2, 0.25) is 0 Å². The molecule has 2 heterocycles. The van der Waals surface area contributed by atoms with Crippen molar-refractivity contribution in [2.45, 2.75) is 39.0 Å². The van der Waals surface area contributed by atoms with Gasteiger partial charge in [-0.1, -0.05) is 12.1 Å². The molecule has 1 aliphatic heterocycles. The number of carbonyl (C=O) groups excluding carboxylic acids is 2. The number of hydrogen-bond donors (Lipinski definition) is 1. The summed E-state index contributed by atoms with van der Waals surface area (Å²) < 4.78 is 11.0. The summed E-state index contributed by atoms with van der Waals surface area (Å²) in [7, 11) is 0.